The molecule has 2 heterocycles. The van der Waals surface area contributed by atoms with Gasteiger partial charge in [0.15, 0.2) is 0 Å². The summed E-state index contributed by atoms with van der Waals surface area (Å²) in [5.41, 5.74) is 4.09. The summed E-state index contributed by atoms with van der Waals surface area (Å²) in [4.78, 5) is 31.2. The van der Waals surface area contributed by atoms with Crippen LogP contribution in [0.4, 0.5) is 10.5 Å². The number of aryl methyl sites for hydroxylation is 2. The summed E-state index contributed by atoms with van der Waals surface area (Å²) in [6.07, 6.45) is 5.54. The van der Waals surface area contributed by atoms with Gasteiger partial charge >= 0.3 is 6.03 Å². The highest BCUT2D eigenvalue weighted by molar-refractivity contribution is 7.18. The molecule has 0 bridgehead atoms. The minimum atomic E-state index is -0.478. The Hall–Kier alpha value is -2.67. The molecule has 0 unspecified atom stereocenters. The number of nitrogens with one attached hydrogen (secondary N) is 2. The second kappa shape index (κ2) is 6.09. The summed E-state index contributed by atoms with van der Waals surface area (Å²) in [7, 11) is 0. The van der Waals surface area contributed by atoms with Crippen molar-refractivity contribution in [2.45, 2.75) is 25.7 Å². The third-order valence-electron chi connectivity index (χ3n) is 4.13. The van der Waals surface area contributed by atoms with Gasteiger partial charge in [0.25, 0.3) is 5.56 Å². The van der Waals surface area contributed by atoms with E-state index in [1.54, 1.807) is 23.5 Å². The predicted octanol–water partition coefficient (Wildman–Crippen LogP) is 3.11. The highest BCUT2D eigenvalue weighted by Gasteiger charge is 2.20. The first kappa shape index (κ1) is 14.9. The average Bonchev–Trinajstić information content (AvgIpc) is 2.97. The molecule has 1 aliphatic rings. The van der Waals surface area contributed by atoms with Crippen LogP contribution in [-0.2, 0) is 12.8 Å². The van der Waals surface area contributed by atoms with Crippen LogP contribution in [0.2, 0.25) is 0 Å². The lowest BCUT2D eigenvalue weighted by Gasteiger charge is -2.11. The summed E-state index contributed by atoms with van der Waals surface area (Å²) in [5.74, 6) is 0. The second-order valence-corrected chi connectivity index (χ2v) is 6.83. The standard InChI is InChI=1S/C17H16N4O2S/c22-16-14-12-8-4-5-9-13(12)24-15(14)18-10-21(16)20-17(23)19-11-6-2-1-3-7-11/h1-3,6-7,10H,4-5,8-9H2,(H2,19,20,23). The lowest BCUT2D eigenvalue weighted by molar-refractivity contribution is 0.259. The van der Waals surface area contributed by atoms with Crippen LogP contribution >= 0.6 is 11.3 Å². The van der Waals surface area contributed by atoms with Crippen molar-refractivity contribution in [1.82, 2.24) is 9.66 Å². The maximum absolute atomic E-state index is 12.7. The Balaban J connectivity index is 1.64. The number of hydrogen-bond acceptors (Lipinski definition) is 4. The third-order valence-corrected chi connectivity index (χ3v) is 5.33. The molecule has 3 aromatic rings. The topological polar surface area (TPSA) is 76.0 Å². The Morgan fingerprint density at radius 1 is 1.17 bits per heavy atom. The Labute approximate surface area is 142 Å². The van der Waals surface area contributed by atoms with Gasteiger partial charge in [-0.2, -0.15) is 0 Å². The normalized spacial score (nSPS) is 13.5. The molecule has 24 heavy (non-hydrogen) atoms. The number of aromatic nitrogens is 2. The number of carbonyl (C=O) groups is 1. The second-order valence-electron chi connectivity index (χ2n) is 5.74. The minimum absolute atomic E-state index is 0.220. The molecule has 1 aromatic carbocycles. The molecule has 0 radical (unpaired) electrons. The van der Waals surface area contributed by atoms with Crippen molar-refractivity contribution in [3.63, 3.8) is 0 Å². The number of anilines is 1. The summed E-state index contributed by atoms with van der Waals surface area (Å²) >= 11 is 1.59. The van der Waals surface area contributed by atoms with Crippen LogP contribution in [0.5, 0.6) is 0 Å². The zero-order chi connectivity index (χ0) is 16.5. The SMILES string of the molecule is O=C(Nc1ccccc1)Nn1cnc2sc3c(c2c1=O)CCCC3. The van der Waals surface area contributed by atoms with Crippen LogP contribution in [0.25, 0.3) is 10.2 Å². The van der Waals surface area contributed by atoms with E-state index in [2.05, 4.69) is 15.7 Å². The molecule has 4 rings (SSSR count). The molecule has 0 spiro atoms. The number of amides is 2. The molecule has 6 nitrogen and oxygen atoms in total. The van der Waals surface area contributed by atoms with Gasteiger partial charge in [-0.05, 0) is 43.4 Å². The van der Waals surface area contributed by atoms with Gasteiger partial charge in [0.05, 0.1) is 5.39 Å². The molecular weight excluding hydrogens is 324 g/mol. The number of rotatable bonds is 2. The van der Waals surface area contributed by atoms with E-state index in [0.717, 1.165) is 40.8 Å². The number of para-hydroxylation sites is 1. The number of hydrogen-bond donors (Lipinski definition) is 2. The van der Waals surface area contributed by atoms with E-state index in [1.807, 2.05) is 18.2 Å². The fourth-order valence-corrected chi connectivity index (χ4v) is 4.24. The number of carbonyl (C=O) groups excluding carboxylic acids is 1. The largest absolute Gasteiger partial charge is 0.338 e. The van der Waals surface area contributed by atoms with Crippen molar-refractivity contribution in [2.24, 2.45) is 0 Å². The Morgan fingerprint density at radius 2 is 1.96 bits per heavy atom. The highest BCUT2D eigenvalue weighted by atomic mass is 32.1. The van der Waals surface area contributed by atoms with Crippen molar-refractivity contribution in [2.75, 3.05) is 10.7 Å². The third kappa shape index (κ3) is 2.67. The van der Waals surface area contributed by atoms with Gasteiger partial charge in [0.1, 0.15) is 11.2 Å². The molecule has 0 atom stereocenters. The maximum Gasteiger partial charge on any atom is 0.338 e. The van der Waals surface area contributed by atoms with Gasteiger partial charge in [0, 0.05) is 10.6 Å². The number of thiophene rings is 1. The van der Waals surface area contributed by atoms with Crippen molar-refractivity contribution < 1.29 is 4.79 Å². The van der Waals surface area contributed by atoms with Gasteiger partial charge < -0.3 is 5.32 Å². The fraction of sp³-hybridized carbons (Fsp3) is 0.235. The number of benzene rings is 1. The van der Waals surface area contributed by atoms with Crippen LogP contribution in [0.3, 0.4) is 0 Å². The van der Waals surface area contributed by atoms with E-state index in [1.165, 1.54) is 11.2 Å². The van der Waals surface area contributed by atoms with E-state index in [0.29, 0.717) is 11.1 Å². The zero-order valence-corrected chi connectivity index (χ0v) is 13.7. The number of fused-ring (bicyclic) bond motifs is 3. The lowest BCUT2D eigenvalue weighted by Crippen LogP contribution is -2.35. The minimum Gasteiger partial charge on any atom is -0.307 e. The Bertz CT molecular complexity index is 962. The molecule has 1 aliphatic carbocycles. The summed E-state index contributed by atoms with van der Waals surface area (Å²) in [5, 5.41) is 3.34. The van der Waals surface area contributed by atoms with Crippen LogP contribution in [0, 0.1) is 0 Å². The molecule has 7 heteroatoms. The summed E-state index contributed by atoms with van der Waals surface area (Å²) in [6.45, 7) is 0. The predicted molar refractivity (Wildman–Crippen MR) is 95.3 cm³/mol. The quantitative estimate of drug-likeness (QED) is 0.752. The first-order valence-electron chi connectivity index (χ1n) is 7.87. The van der Waals surface area contributed by atoms with Crippen LogP contribution < -0.4 is 16.3 Å². The van der Waals surface area contributed by atoms with Crippen LogP contribution in [0.15, 0.2) is 41.5 Å². The van der Waals surface area contributed by atoms with Crippen molar-refractivity contribution in [3.8, 4) is 0 Å². The van der Waals surface area contributed by atoms with E-state index >= 15 is 0 Å². The molecule has 0 fully saturated rings. The van der Waals surface area contributed by atoms with Gasteiger partial charge in [0.2, 0.25) is 0 Å². The molecule has 122 valence electrons. The van der Waals surface area contributed by atoms with Crippen molar-refractivity contribution in [3.05, 3.63) is 57.5 Å². The summed E-state index contributed by atoms with van der Waals surface area (Å²) < 4.78 is 1.15. The molecule has 2 aromatic heterocycles. The zero-order valence-electron chi connectivity index (χ0n) is 12.9. The molecule has 0 saturated carbocycles. The van der Waals surface area contributed by atoms with Crippen molar-refractivity contribution in [1.29, 1.82) is 0 Å². The first-order valence-corrected chi connectivity index (χ1v) is 8.69. The Morgan fingerprint density at radius 3 is 2.79 bits per heavy atom. The van der Waals surface area contributed by atoms with E-state index in [4.69, 9.17) is 0 Å². The van der Waals surface area contributed by atoms with Crippen LogP contribution in [0.1, 0.15) is 23.3 Å². The lowest BCUT2D eigenvalue weighted by atomic mass is 9.97. The smallest absolute Gasteiger partial charge is 0.307 e. The first-order chi connectivity index (χ1) is 11.7. The van der Waals surface area contributed by atoms with Gasteiger partial charge in [-0.1, -0.05) is 18.2 Å². The molecule has 2 amide bonds. The van der Waals surface area contributed by atoms with E-state index in [9.17, 15) is 9.59 Å². The van der Waals surface area contributed by atoms with E-state index < -0.39 is 6.03 Å². The highest BCUT2D eigenvalue weighted by Crippen LogP contribution is 2.33. The molecular formula is C17H16N4O2S. The molecule has 0 saturated heterocycles. The molecule has 2 N–H and O–H groups in total. The van der Waals surface area contributed by atoms with Crippen molar-refractivity contribution >= 4 is 33.3 Å². The molecule has 0 aliphatic heterocycles. The van der Waals surface area contributed by atoms with E-state index in [-0.39, 0.29) is 5.56 Å². The number of urea groups is 1. The average molecular weight is 340 g/mol. The van der Waals surface area contributed by atoms with Gasteiger partial charge in [-0.3, -0.25) is 4.79 Å². The summed E-state index contributed by atoms with van der Waals surface area (Å²) in [6, 6.07) is 8.59. The van der Waals surface area contributed by atoms with Gasteiger partial charge in [-0.15, -0.1) is 11.3 Å². The monoisotopic (exact) mass is 340 g/mol. The maximum atomic E-state index is 12.7. The van der Waals surface area contributed by atoms with Crippen LogP contribution in [-0.4, -0.2) is 15.7 Å². The Kier molecular flexibility index (Phi) is 3.78. The number of nitrogens with zero attached hydrogens (tertiary/aromatic N) is 2. The van der Waals surface area contributed by atoms with Gasteiger partial charge in [-0.25, -0.2) is 19.9 Å². The fourth-order valence-electron chi connectivity index (χ4n) is 3.02.